The number of nitrogens with one attached hydrogen (secondary N) is 1. The van der Waals surface area contributed by atoms with Gasteiger partial charge in [0.1, 0.15) is 5.75 Å². The maximum Gasteiger partial charge on any atom is 0.120 e. The van der Waals surface area contributed by atoms with Crippen LogP contribution in [0, 0.1) is 13.8 Å². The Morgan fingerprint density at radius 2 is 1.64 bits per heavy atom. The minimum absolute atomic E-state index is 0.213. The molecular formula is C28H29N2O3-. The van der Waals surface area contributed by atoms with E-state index in [9.17, 15) is 9.90 Å². The third kappa shape index (κ3) is 4.78. The second-order valence-corrected chi connectivity index (χ2v) is 8.36. The van der Waals surface area contributed by atoms with Crippen LogP contribution in [-0.4, -0.2) is 24.2 Å². The zero-order valence-corrected chi connectivity index (χ0v) is 19.4. The van der Waals surface area contributed by atoms with Gasteiger partial charge in [-0.1, -0.05) is 48.5 Å². The predicted molar refractivity (Wildman–Crippen MR) is 130 cm³/mol. The van der Waals surface area contributed by atoms with Crippen LogP contribution in [0.5, 0.6) is 5.75 Å². The molecule has 0 unspecified atom stereocenters. The number of benzene rings is 3. The zero-order valence-electron chi connectivity index (χ0n) is 19.4. The fourth-order valence-electron chi connectivity index (χ4n) is 4.39. The molecule has 4 aromatic rings. The molecule has 33 heavy (non-hydrogen) atoms. The van der Waals surface area contributed by atoms with Crippen molar-refractivity contribution in [3.8, 4) is 5.75 Å². The monoisotopic (exact) mass is 441 g/mol. The van der Waals surface area contributed by atoms with Crippen LogP contribution in [0.25, 0.3) is 10.9 Å². The van der Waals surface area contributed by atoms with E-state index in [4.69, 9.17) is 4.74 Å². The van der Waals surface area contributed by atoms with Gasteiger partial charge in [-0.2, -0.15) is 0 Å². The van der Waals surface area contributed by atoms with Gasteiger partial charge in [0.2, 0.25) is 0 Å². The molecule has 170 valence electrons. The lowest BCUT2D eigenvalue weighted by atomic mass is 10.1. The number of rotatable bonds is 9. The molecular weight excluding hydrogens is 412 g/mol. The number of methoxy groups -OCH3 is 1. The molecule has 0 aliphatic heterocycles. The average molecular weight is 442 g/mol. The number of carbonyl (C=O) groups is 1. The van der Waals surface area contributed by atoms with Crippen LogP contribution in [-0.2, 0) is 19.5 Å². The first-order chi connectivity index (χ1) is 16.0. The van der Waals surface area contributed by atoms with Crippen LogP contribution in [0.1, 0.15) is 38.3 Å². The maximum absolute atomic E-state index is 12.3. The number of aromatic carboxylic acids is 1. The highest BCUT2D eigenvalue weighted by molar-refractivity contribution is 5.98. The second-order valence-electron chi connectivity index (χ2n) is 8.36. The molecule has 0 saturated heterocycles. The van der Waals surface area contributed by atoms with Crippen LogP contribution in [0.4, 0.5) is 0 Å². The summed E-state index contributed by atoms with van der Waals surface area (Å²) < 4.78 is 7.27. The number of aryl methyl sites for hydroxylation is 2. The van der Waals surface area contributed by atoms with E-state index in [-0.39, 0.29) is 5.69 Å². The minimum Gasteiger partial charge on any atom is -0.543 e. The van der Waals surface area contributed by atoms with Crippen LogP contribution >= 0.6 is 0 Å². The van der Waals surface area contributed by atoms with Crippen LogP contribution < -0.4 is 15.2 Å². The topological polar surface area (TPSA) is 66.3 Å². The number of aromatic nitrogens is 1. The number of hydrogen-bond donors (Lipinski definition) is 1. The molecule has 0 saturated carbocycles. The Hall–Kier alpha value is -3.57. The highest BCUT2D eigenvalue weighted by atomic mass is 16.5. The highest BCUT2D eigenvalue weighted by Gasteiger charge is 2.19. The number of carboxylic acid groups (broad SMARTS) is 1. The Morgan fingerprint density at radius 1 is 0.970 bits per heavy atom. The van der Waals surface area contributed by atoms with Crippen LogP contribution in [0.2, 0.25) is 0 Å². The Balaban J connectivity index is 1.69. The van der Waals surface area contributed by atoms with Gasteiger partial charge < -0.3 is 24.5 Å². The van der Waals surface area contributed by atoms with Crippen molar-refractivity contribution in [1.29, 1.82) is 0 Å². The lowest BCUT2D eigenvalue weighted by Gasteiger charge is -2.15. The molecule has 1 N–H and O–H groups in total. The number of fused-ring (bicyclic) bond motifs is 1. The number of nitrogens with zero attached hydrogens (tertiary/aromatic N) is 1. The molecule has 0 atom stereocenters. The SMILES string of the molecule is COc1ccc2c(CNCCc3ccccc3C)c(C(=O)[O-])n(Cc3ccccc3C)c2c1. The van der Waals surface area contributed by atoms with E-state index < -0.39 is 5.97 Å². The summed E-state index contributed by atoms with van der Waals surface area (Å²) in [6, 6.07) is 22.1. The summed E-state index contributed by atoms with van der Waals surface area (Å²) in [5.74, 6) is -0.482. The van der Waals surface area contributed by atoms with Crippen molar-refractivity contribution in [3.63, 3.8) is 0 Å². The molecule has 1 heterocycles. The van der Waals surface area contributed by atoms with E-state index in [1.54, 1.807) is 7.11 Å². The van der Waals surface area contributed by atoms with Gasteiger partial charge in [-0.3, -0.25) is 0 Å². The zero-order chi connectivity index (χ0) is 23.4. The van der Waals surface area contributed by atoms with Crippen molar-refractivity contribution in [3.05, 3.63) is 100 Å². The second kappa shape index (κ2) is 9.92. The Labute approximate surface area is 194 Å². The van der Waals surface area contributed by atoms with Gasteiger partial charge in [0.05, 0.1) is 24.3 Å². The summed E-state index contributed by atoms with van der Waals surface area (Å²) in [5.41, 5.74) is 6.51. The first-order valence-electron chi connectivity index (χ1n) is 11.2. The van der Waals surface area contributed by atoms with Crippen molar-refractivity contribution < 1.29 is 14.6 Å². The van der Waals surface area contributed by atoms with E-state index in [0.717, 1.165) is 40.6 Å². The molecule has 0 fully saturated rings. The van der Waals surface area contributed by atoms with Gasteiger partial charge in [-0.15, -0.1) is 0 Å². The minimum atomic E-state index is -1.17. The number of hydrogen-bond acceptors (Lipinski definition) is 4. The standard InChI is InChI=1S/C28H30N2O3/c1-19-8-4-6-10-21(19)14-15-29-17-25-24-13-12-23(33-3)16-26(24)30(27(25)28(31)32)18-22-11-7-5-9-20(22)2/h4-13,16,29H,14-15,17-18H2,1-3H3,(H,31,32)/p-1. The number of carboxylic acids is 1. The van der Waals surface area contributed by atoms with Gasteiger partial charge in [0.15, 0.2) is 0 Å². The molecule has 0 spiro atoms. The fraction of sp³-hybridized carbons (Fsp3) is 0.250. The van der Waals surface area contributed by atoms with Crippen molar-refractivity contribution in [2.45, 2.75) is 33.4 Å². The summed E-state index contributed by atoms with van der Waals surface area (Å²) in [7, 11) is 1.61. The van der Waals surface area contributed by atoms with E-state index in [1.165, 1.54) is 11.1 Å². The van der Waals surface area contributed by atoms with Gasteiger partial charge in [0, 0.05) is 30.1 Å². The molecule has 1 aromatic heterocycles. The lowest BCUT2D eigenvalue weighted by molar-refractivity contribution is -0.255. The van der Waals surface area contributed by atoms with Crippen molar-refractivity contribution in [2.24, 2.45) is 0 Å². The largest absolute Gasteiger partial charge is 0.543 e. The van der Waals surface area contributed by atoms with Crippen molar-refractivity contribution in [2.75, 3.05) is 13.7 Å². The Bertz CT molecular complexity index is 1290. The third-order valence-corrected chi connectivity index (χ3v) is 6.29. The van der Waals surface area contributed by atoms with Gasteiger partial charge in [-0.25, -0.2) is 0 Å². The molecule has 0 amide bonds. The lowest BCUT2D eigenvalue weighted by Crippen LogP contribution is -2.28. The average Bonchev–Trinajstić information content (AvgIpc) is 3.12. The maximum atomic E-state index is 12.3. The first kappa shape index (κ1) is 22.6. The molecule has 0 radical (unpaired) electrons. The third-order valence-electron chi connectivity index (χ3n) is 6.29. The quantitative estimate of drug-likeness (QED) is 0.399. The number of ether oxygens (including phenoxy) is 1. The van der Waals surface area contributed by atoms with Crippen LogP contribution in [0.15, 0.2) is 66.7 Å². The van der Waals surface area contributed by atoms with E-state index in [0.29, 0.717) is 18.8 Å². The smallest absolute Gasteiger partial charge is 0.120 e. The summed E-state index contributed by atoms with van der Waals surface area (Å²) in [6.45, 7) is 5.78. The van der Waals surface area contributed by atoms with Crippen molar-refractivity contribution >= 4 is 16.9 Å². The van der Waals surface area contributed by atoms with Crippen LogP contribution in [0.3, 0.4) is 0 Å². The van der Waals surface area contributed by atoms with E-state index >= 15 is 0 Å². The van der Waals surface area contributed by atoms with Gasteiger partial charge in [-0.05, 0) is 61.2 Å². The fourth-order valence-corrected chi connectivity index (χ4v) is 4.39. The predicted octanol–water partition coefficient (Wildman–Crippen LogP) is 4.01. The molecule has 5 nitrogen and oxygen atoms in total. The summed E-state index contributed by atoms with van der Waals surface area (Å²) >= 11 is 0. The first-order valence-corrected chi connectivity index (χ1v) is 11.2. The number of carbonyl (C=O) groups excluding carboxylic acids is 1. The van der Waals surface area contributed by atoms with Gasteiger partial charge in [0.25, 0.3) is 0 Å². The molecule has 4 rings (SSSR count). The van der Waals surface area contributed by atoms with E-state index in [1.807, 2.05) is 66.1 Å². The summed E-state index contributed by atoms with van der Waals surface area (Å²) in [6.07, 6.45) is 0.878. The molecule has 0 bridgehead atoms. The normalized spacial score (nSPS) is 11.1. The molecule has 5 heteroatoms. The highest BCUT2D eigenvalue weighted by Crippen LogP contribution is 2.30. The Kier molecular flexibility index (Phi) is 6.80. The Morgan fingerprint density at radius 3 is 2.27 bits per heavy atom. The summed E-state index contributed by atoms with van der Waals surface area (Å²) in [4.78, 5) is 12.3. The van der Waals surface area contributed by atoms with Gasteiger partial charge >= 0.3 is 0 Å². The van der Waals surface area contributed by atoms with E-state index in [2.05, 4.69) is 24.4 Å². The molecule has 0 aliphatic carbocycles. The molecule has 3 aromatic carbocycles. The van der Waals surface area contributed by atoms with Crippen molar-refractivity contribution in [1.82, 2.24) is 9.88 Å². The molecule has 0 aliphatic rings. The summed E-state index contributed by atoms with van der Waals surface area (Å²) in [5, 5.41) is 16.7.